The van der Waals surface area contributed by atoms with Crippen molar-refractivity contribution in [3.8, 4) is 0 Å². The number of hydrogen-bond donors (Lipinski definition) is 1. The van der Waals surface area contributed by atoms with Crippen LogP contribution in [0, 0.1) is 0 Å². The van der Waals surface area contributed by atoms with Gasteiger partial charge in [-0.2, -0.15) is 0 Å². The number of halogens is 1. The molecule has 0 bridgehead atoms. The highest BCUT2D eigenvalue weighted by Gasteiger charge is 2.19. The highest BCUT2D eigenvalue weighted by molar-refractivity contribution is 6.30. The molecule has 2 aromatic heterocycles. The van der Waals surface area contributed by atoms with E-state index in [-0.39, 0.29) is 11.1 Å². The Hall–Kier alpha value is -2.92. The second kappa shape index (κ2) is 6.68. The van der Waals surface area contributed by atoms with Crippen LogP contribution >= 0.6 is 11.6 Å². The number of nitrogens with zero attached hydrogens (tertiary/aromatic N) is 2. The zero-order valence-electron chi connectivity index (χ0n) is 12.5. The van der Waals surface area contributed by atoms with E-state index in [1.807, 2.05) is 6.07 Å². The van der Waals surface area contributed by atoms with Gasteiger partial charge in [0.1, 0.15) is 0 Å². The molecule has 0 saturated carbocycles. The normalized spacial score (nSPS) is 11.9. The number of aromatic nitrogens is 2. The summed E-state index contributed by atoms with van der Waals surface area (Å²) in [7, 11) is 0. The number of carboxylic acid groups (broad SMARTS) is 1. The van der Waals surface area contributed by atoms with Gasteiger partial charge in [-0.15, -0.1) is 0 Å². The summed E-state index contributed by atoms with van der Waals surface area (Å²) in [5, 5.41) is 9.79. The SMILES string of the molecule is O=C(O)c1ccc(=O)n(C(c2ccc(Cl)cc2)c2cccnc2)c1. The standard InChI is InChI=1S/C18H13ClN2O3/c19-15-6-3-12(4-7-15)17(13-2-1-9-20-10-13)21-11-14(18(23)24)5-8-16(21)22/h1-11,17H,(H,23,24). The fourth-order valence-electron chi connectivity index (χ4n) is 2.53. The molecule has 0 aliphatic heterocycles. The predicted octanol–water partition coefficient (Wildman–Crippen LogP) is 3.23. The molecule has 3 aromatic rings. The van der Waals surface area contributed by atoms with E-state index in [4.69, 9.17) is 11.6 Å². The van der Waals surface area contributed by atoms with E-state index >= 15 is 0 Å². The molecule has 120 valence electrons. The average Bonchev–Trinajstić information content (AvgIpc) is 2.59. The molecule has 2 heterocycles. The zero-order chi connectivity index (χ0) is 17.1. The lowest BCUT2D eigenvalue weighted by Crippen LogP contribution is -2.26. The number of carbonyl (C=O) groups is 1. The van der Waals surface area contributed by atoms with E-state index in [0.717, 1.165) is 11.1 Å². The fourth-order valence-corrected chi connectivity index (χ4v) is 2.65. The first-order valence-electron chi connectivity index (χ1n) is 7.17. The summed E-state index contributed by atoms with van der Waals surface area (Å²) in [5.41, 5.74) is 1.31. The number of aromatic carboxylic acids is 1. The largest absolute Gasteiger partial charge is 0.478 e. The number of hydrogen-bond acceptors (Lipinski definition) is 3. The van der Waals surface area contributed by atoms with E-state index in [9.17, 15) is 14.7 Å². The Balaban J connectivity index is 2.22. The first kappa shape index (κ1) is 16.0. The van der Waals surface area contributed by atoms with Gasteiger partial charge in [-0.05, 0) is 35.4 Å². The van der Waals surface area contributed by atoms with Crippen molar-refractivity contribution in [1.82, 2.24) is 9.55 Å². The maximum Gasteiger partial charge on any atom is 0.337 e. The van der Waals surface area contributed by atoms with Crippen LogP contribution in [0.15, 0.2) is 71.9 Å². The lowest BCUT2D eigenvalue weighted by atomic mass is 9.99. The summed E-state index contributed by atoms with van der Waals surface area (Å²) < 4.78 is 1.39. The second-order valence-electron chi connectivity index (χ2n) is 5.21. The smallest absolute Gasteiger partial charge is 0.337 e. The molecule has 1 aromatic carbocycles. The van der Waals surface area contributed by atoms with Crippen molar-refractivity contribution in [3.63, 3.8) is 0 Å². The van der Waals surface area contributed by atoms with Gasteiger partial charge in [0.05, 0.1) is 11.6 Å². The quantitative estimate of drug-likeness (QED) is 0.791. The third kappa shape index (κ3) is 3.21. The van der Waals surface area contributed by atoms with Gasteiger partial charge in [0.2, 0.25) is 0 Å². The molecule has 24 heavy (non-hydrogen) atoms. The predicted molar refractivity (Wildman–Crippen MR) is 90.6 cm³/mol. The van der Waals surface area contributed by atoms with Crippen LogP contribution < -0.4 is 5.56 Å². The van der Waals surface area contributed by atoms with Crippen LogP contribution in [0.2, 0.25) is 5.02 Å². The average molecular weight is 341 g/mol. The first-order chi connectivity index (χ1) is 11.6. The molecular weight excluding hydrogens is 328 g/mol. The summed E-state index contributed by atoms with van der Waals surface area (Å²) in [5.74, 6) is -1.09. The summed E-state index contributed by atoms with van der Waals surface area (Å²) in [6.45, 7) is 0. The van der Waals surface area contributed by atoms with Crippen LogP contribution in [0.3, 0.4) is 0 Å². The molecular formula is C18H13ClN2O3. The minimum absolute atomic E-state index is 0.0393. The monoisotopic (exact) mass is 340 g/mol. The van der Waals surface area contributed by atoms with E-state index in [2.05, 4.69) is 4.98 Å². The van der Waals surface area contributed by atoms with Crippen molar-refractivity contribution >= 4 is 17.6 Å². The third-order valence-corrected chi connectivity index (χ3v) is 3.90. The zero-order valence-corrected chi connectivity index (χ0v) is 13.2. The number of rotatable bonds is 4. The molecule has 0 amide bonds. The van der Waals surface area contributed by atoms with Crippen LogP contribution in [0.4, 0.5) is 0 Å². The molecule has 1 unspecified atom stereocenters. The minimum atomic E-state index is -1.09. The Bertz CT molecular complexity index is 921. The van der Waals surface area contributed by atoms with Gasteiger partial charge >= 0.3 is 5.97 Å². The van der Waals surface area contributed by atoms with Crippen molar-refractivity contribution in [2.45, 2.75) is 6.04 Å². The maximum atomic E-state index is 12.4. The Morgan fingerprint density at radius 1 is 1.08 bits per heavy atom. The van der Waals surface area contributed by atoms with Crippen molar-refractivity contribution in [1.29, 1.82) is 0 Å². The lowest BCUT2D eigenvalue weighted by Gasteiger charge is -2.21. The van der Waals surface area contributed by atoms with Crippen molar-refractivity contribution in [2.24, 2.45) is 0 Å². The van der Waals surface area contributed by atoms with Crippen LogP contribution in [0.1, 0.15) is 27.5 Å². The van der Waals surface area contributed by atoms with E-state index in [0.29, 0.717) is 5.02 Å². The van der Waals surface area contributed by atoms with E-state index in [1.54, 1.807) is 42.7 Å². The van der Waals surface area contributed by atoms with Gasteiger partial charge in [0.15, 0.2) is 0 Å². The second-order valence-corrected chi connectivity index (χ2v) is 5.65. The highest BCUT2D eigenvalue weighted by Crippen LogP contribution is 2.26. The first-order valence-corrected chi connectivity index (χ1v) is 7.55. The Kier molecular flexibility index (Phi) is 4.44. The minimum Gasteiger partial charge on any atom is -0.478 e. The van der Waals surface area contributed by atoms with Gasteiger partial charge < -0.3 is 9.67 Å². The number of carboxylic acids is 1. The molecule has 5 nitrogen and oxygen atoms in total. The summed E-state index contributed by atoms with van der Waals surface area (Å²) in [6.07, 6.45) is 4.63. The Morgan fingerprint density at radius 3 is 2.46 bits per heavy atom. The molecule has 0 radical (unpaired) electrons. The van der Waals surface area contributed by atoms with Gasteiger partial charge in [-0.3, -0.25) is 9.78 Å². The summed E-state index contributed by atoms with van der Waals surface area (Å²) in [4.78, 5) is 27.7. The molecule has 6 heteroatoms. The van der Waals surface area contributed by atoms with Gasteiger partial charge in [0, 0.05) is 29.7 Å². The fraction of sp³-hybridized carbons (Fsp3) is 0.0556. The highest BCUT2D eigenvalue weighted by atomic mass is 35.5. The lowest BCUT2D eigenvalue weighted by molar-refractivity contribution is 0.0695. The van der Waals surface area contributed by atoms with Crippen LogP contribution in [-0.2, 0) is 0 Å². The van der Waals surface area contributed by atoms with Crippen LogP contribution in [0.5, 0.6) is 0 Å². The van der Waals surface area contributed by atoms with E-state index < -0.39 is 12.0 Å². The molecule has 1 atom stereocenters. The molecule has 0 saturated heterocycles. The van der Waals surface area contributed by atoms with Crippen molar-refractivity contribution in [3.05, 3.63) is 99.2 Å². The number of benzene rings is 1. The molecule has 1 N–H and O–H groups in total. The molecule has 0 fully saturated rings. The van der Waals surface area contributed by atoms with Gasteiger partial charge in [0.25, 0.3) is 5.56 Å². The topological polar surface area (TPSA) is 72.2 Å². The Labute approximate surface area is 142 Å². The van der Waals surface area contributed by atoms with Crippen LogP contribution in [-0.4, -0.2) is 20.6 Å². The molecule has 3 rings (SSSR count). The van der Waals surface area contributed by atoms with Gasteiger partial charge in [-0.1, -0.05) is 29.8 Å². The molecule has 0 aliphatic rings. The van der Waals surface area contributed by atoms with Crippen molar-refractivity contribution in [2.75, 3.05) is 0 Å². The van der Waals surface area contributed by atoms with Crippen LogP contribution in [0.25, 0.3) is 0 Å². The van der Waals surface area contributed by atoms with E-state index in [1.165, 1.54) is 22.9 Å². The Morgan fingerprint density at radius 2 is 1.83 bits per heavy atom. The molecule has 0 aliphatic carbocycles. The molecule has 0 spiro atoms. The maximum absolute atomic E-state index is 12.4. The summed E-state index contributed by atoms with van der Waals surface area (Å²) in [6, 6.07) is 12.7. The van der Waals surface area contributed by atoms with Gasteiger partial charge in [-0.25, -0.2) is 4.79 Å². The summed E-state index contributed by atoms with van der Waals surface area (Å²) >= 11 is 5.95. The third-order valence-electron chi connectivity index (χ3n) is 3.65. The van der Waals surface area contributed by atoms with Crippen molar-refractivity contribution < 1.29 is 9.90 Å². The number of pyridine rings is 2.